The molecule has 0 aliphatic heterocycles. The summed E-state index contributed by atoms with van der Waals surface area (Å²) in [5, 5.41) is 6.40. The Morgan fingerprint density at radius 1 is 0.906 bits per heavy atom. The number of fused-ring (bicyclic) bond motifs is 1. The van der Waals surface area contributed by atoms with E-state index in [1.807, 2.05) is 36.4 Å². The van der Waals surface area contributed by atoms with Crippen LogP contribution in [0.15, 0.2) is 94.5 Å². The van der Waals surface area contributed by atoms with Gasteiger partial charge in [0.25, 0.3) is 5.91 Å². The summed E-state index contributed by atoms with van der Waals surface area (Å²) in [6.07, 6.45) is 1.47. The lowest BCUT2D eigenvalue weighted by Crippen LogP contribution is -2.18. The molecule has 0 aliphatic carbocycles. The molecule has 1 N–H and O–H groups in total. The number of rotatable bonds is 5. The molecule has 7 heteroatoms. The Hall–Kier alpha value is -3.48. The van der Waals surface area contributed by atoms with Gasteiger partial charge in [-0.2, -0.15) is 5.10 Å². The van der Waals surface area contributed by atoms with E-state index in [2.05, 4.69) is 26.5 Å². The minimum absolute atomic E-state index is 0.322. The Morgan fingerprint density at radius 2 is 1.62 bits per heavy atom. The molecule has 0 radical (unpaired) electrons. The summed E-state index contributed by atoms with van der Waals surface area (Å²) < 4.78 is 6.31. The second-order valence-electron chi connectivity index (χ2n) is 6.77. The number of hydrazone groups is 1. The molecule has 5 nitrogen and oxygen atoms in total. The van der Waals surface area contributed by atoms with Crippen LogP contribution in [0.3, 0.4) is 0 Å². The number of hydrogen-bond donors (Lipinski definition) is 1. The average molecular weight is 508 g/mol. The smallest absolute Gasteiger partial charge is 0.343 e. The fourth-order valence-electron chi connectivity index (χ4n) is 3.10. The van der Waals surface area contributed by atoms with Crippen LogP contribution >= 0.6 is 27.5 Å². The van der Waals surface area contributed by atoms with Gasteiger partial charge >= 0.3 is 5.97 Å². The molecule has 0 spiro atoms. The van der Waals surface area contributed by atoms with E-state index < -0.39 is 5.97 Å². The zero-order chi connectivity index (χ0) is 22.5. The summed E-state index contributed by atoms with van der Waals surface area (Å²) in [6, 6.07) is 24.7. The Morgan fingerprint density at radius 3 is 2.41 bits per heavy atom. The normalized spacial score (nSPS) is 10.9. The summed E-state index contributed by atoms with van der Waals surface area (Å²) in [6.45, 7) is 0. The minimum Gasteiger partial charge on any atom is -0.422 e. The van der Waals surface area contributed by atoms with E-state index >= 15 is 0 Å². The second-order valence-corrected chi connectivity index (χ2v) is 8.06. The Labute approximate surface area is 197 Å². The first-order valence-corrected chi connectivity index (χ1v) is 10.8. The number of benzene rings is 4. The van der Waals surface area contributed by atoms with Crippen molar-refractivity contribution in [3.8, 4) is 5.75 Å². The lowest BCUT2D eigenvalue weighted by Gasteiger charge is -2.11. The molecule has 158 valence electrons. The fraction of sp³-hybridized carbons (Fsp3) is 0. The standard InChI is InChI=1S/C25H16BrClN2O3/c26-22-8-4-3-7-20(22)24(30)29-28-15-21-19-6-2-1-5-16(19)11-14-23(21)32-25(31)17-9-12-18(27)13-10-17/h1-15H,(H,29,30)/b28-15-. The molecule has 0 atom stereocenters. The SMILES string of the molecule is O=C(Oc1ccc2ccccc2c1/C=N\NC(=O)c1ccccc1Br)c1ccc(Cl)cc1. The van der Waals surface area contributed by atoms with Crippen LogP contribution in [-0.2, 0) is 0 Å². The predicted octanol–water partition coefficient (Wildman–Crippen LogP) is 6.24. The molecule has 0 saturated carbocycles. The van der Waals surface area contributed by atoms with Crippen LogP contribution in [0.25, 0.3) is 10.8 Å². The van der Waals surface area contributed by atoms with E-state index in [0.29, 0.717) is 31.9 Å². The number of halogens is 2. The molecule has 4 aromatic rings. The number of carbonyl (C=O) groups excluding carboxylic acids is 2. The van der Waals surface area contributed by atoms with Crippen molar-refractivity contribution in [1.82, 2.24) is 5.43 Å². The van der Waals surface area contributed by atoms with Gasteiger partial charge in [0.2, 0.25) is 0 Å². The van der Waals surface area contributed by atoms with Crippen LogP contribution in [0.1, 0.15) is 26.3 Å². The monoisotopic (exact) mass is 506 g/mol. The first-order chi connectivity index (χ1) is 15.5. The maximum Gasteiger partial charge on any atom is 0.343 e. The van der Waals surface area contributed by atoms with Gasteiger partial charge in [0.15, 0.2) is 0 Å². The number of nitrogens with zero attached hydrogens (tertiary/aromatic N) is 1. The summed E-state index contributed by atoms with van der Waals surface area (Å²) in [5.41, 5.74) is 3.91. The molecule has 0 fully saturated rings. The first-order valence-electron chi connectivity index (χ1n) is 9.60. The lowest BCUT2D eigenvalue weighted by atomic mass is 10.0. The van der Waals surface area contributed by atoms with Crippen molar-refractivity contribution in [2.24, 2.45) is 5.10 Å². The number of esters is 1. The average Bonchev–Trinajstić information content (AvgIpc) is 2.80. The summed E-state index contributed by atoms with van der Waals surface area (Å²) in [7, 11) is 0. The molecule has 1 amide bonds. The van der Waals surface area contributed by atoms with Crippen molar-refractivity contribution in [3.05, 3.63) is 111 Å². The molecule has 0 unspecified atom stereocenters. The number of hydrogen-bond acceptors (Lipinski definition) is 4. The van der Waals surface area contributed by atoms with Crippen LogP contribution in [0.4, 0.5) is 0 Å². The lowest BCUT2D eigenvalue weighted by molar-refractivity contribution is 0.0734. The van der Waals surface area contributed by atoms with Gasteiger partial charge in [0.05, 0.1) is 17.3 Å². The molecular formula is C25H16BrClN2O3. The van der Waals surface area contributed by atoms with Gasteiger partial charge in [-0.1, -0.05) is 54.1 Å². The van der Waals surface area contributed by atoms with E-state index in [4.69, 9.17) is 16.3 Å². The Bertz CT molecular complexity index is 1340. The molecule has 4 aromatic carbocycles. The number of carbonyl (C=O) groups is 2. The third-order valence-electron chi connectivity index (χ3n) is 4.69. The Balaban J connectivity index is 1.63. The third kappa shape index (κ3) is 4.88. The molecule has 0 saturated heterocycles. The fourth-order valence-corrected chi connectivity index (χ4v) is 3.69. The van der Waals surface area contributed by atoms with Crippen molar-refractivity contribution in [3.63, 3.8) is 0 Å². The summed E-state index contributed by atoms with van der Waals surface area (Å²) >= 11 is 9.25. The van der Waals surface area contributed by atoms with Gasteiger partial charge in [0, 0.05) is 15.1 Å². The van der Waals surface area contributed by atoms with Crippen LogP contribution in [0.2, 0.25) is 5.02 Å². The highest BCUT2D eigenvalue weighted by atomic mass is 79.9. The van der Waals surface area contributed by atoms with Gasteiger partial charge in [0.1, 0.15) is 5.75 Å². The molecule has 0 heterocycles. The number of ether oxygens (including phenoxy) is 1. The van der Waals surface area contributed by atoms with Gasteiger partial charge in [-0.05, 0) is 69.2 Å². The molecule has 4 rings (SSSR count). The molecule has 0 aliphatic rings. The maximum atomic E-state index is 12.6. The van der Waals surface area contributed by atoms with Crippen LogP contribution in [0.5, 0.6) is 5.75 Å². The van der Waals surface area contributed by atoms with Crippen LogP contribution in [0, 0.1) is 0 Å². The van der Waals surface area contributed by atoms with Crippen molar-refractivity contribution < 1.29 is 14.3 Å². The van der Waals surface area contributed by atoms with Crippen molar-refractivity contribution >= 4 is 56.4 Å². The molecule has 0 bridgehead atoms. The first kappa shape index (κ1) is 21.7. The topological polar surface area (TPSA) is 67.8 Å². The molecular weight excluding hydrogens is 492 g/mol. The van der Waals surface area contributed by atoms with E-state index in [1.165, 1.54) is 6.21 Å². The van der Waals surface area contributed by atoms with Gasteiger partial charge < -0.3 is 4.74 Å². The summed E-state index contributed by atoms with van der Waals surface area (Å²) in [4.78, 5) is 25.1. The number of amides is 1. The van der Waals surface area contributed by atoms with E-state index in [1.54, 1.807) is 48.5 Å². The van der Waals surface area contributed by atoms with Crippen LogP contribution in [-0.4, -0.2) is 18.1 Å². The van der Waals surface area contributed by atoms with Crippen molar-refractivity contribution in [1.29, 1.82) is 0 Å². The molecule has 0 aromatic heterocycles. The highest BCUT2D eigenvalue weighted by molar-refractivity contribution is 9.10. The van der Waals surface area contributed by atoms with E-state index in [0.717, 1.165) is 10.8 Å². The van der Waals surface area contributed by atoms with Gasteiger partial charge in [-0.15, -0.1) is 0 Å². The Kier molecular flexibility index (Phi) is 6.63. The van der Waals surface area contributed by atoms with Crippen LogP contribution < -0.4 is 10.2 Å². The van der Waals surface area contributed by atoms with E-state index in [9.17, 15) is 9.59 Å². The van der Waals surface area contributed by atoms with Crippen molar-refractivity contribution in [2.75, 3.05) is 0 Å². The van der Waals surface area contributed by atoms with E-state index in [-0.39, 0.29) is 5.91 Å². The van der Waals surface area contributed by atoms with Gasteiger partial charge in [-0.3, -0.25) is 4.79 Å². The zero-order valence-electron chi connectivity index (χ0n) is 16.6. The predicted molar refractivity (Wildman–Crippen MR) is 130 cm³/mol. The van der Waals surface area contributed by atoms with Crippen molar-refractivity contribution in [2.45, 2.75) is 0 Å². The highest BCUT2D eigenvalue weighted by Crippen LogP contribution is 2.27. The second kappa shape index (κ2) is 9.77. The molecule has 32 heavy (non-hydrogen) atoms. The highest BCUT2D eigenvalue weighted by Gasteiger charge is 2.14. The quantitative estimate of drug-likeness (QED) is 0.150. The maximum absolute atomic E-state index is 12.6. The third-order valence-corrected chi connectivity index (χ3v) is 5.63. The summed E-state index contributed by atoms with van der Waals surface area (Å²) in [5.74, 6) is -0.569. The van der Waals surface area contributed by atoms with Gasteiger partial charge in [-0.25, -0.2) is 10.2 Å². The minimum atomic E-state index is -0.524. The largest absolute Gasteiger partial charge is 0.422 e. The number of nitrogens with one attached hydrogen (secondary N) is 1. The zero-order valence-corrected chi connectivity index (χ0v) is 18.9.